The Kier molecular flexibility index (Phi) is 5.71. The normalized spacial score (nSPS) is 15.0. The molecule has 0 heterocycles. The number of nitriles is 1. The van der Waals surface area contributed by atoms with Crippen LogP contribution in [0.5, 0.6) is 0 Å². The molecular weight excluding hydrogens is 272 g/mol. The Labute approximate surface area is 132 Å². The van der Waals surface area contributed by atoms with Gasteiger partial charge in [0, 0.05) is 13.2 Å². The Morgan fingerprint density at radius 3 is 1.91 bits per heavy atom. The minimum Gasteiger partial charge on any atom is -0.375 e. The molecule has 3 heteroatoms. The molecule has 0 aliphatic heterocycles. The number of benzene rings is 2. The van der Waals surface area contributed by atoms with Gasteiger partial charge in [-0.2, -0.15) is 5.26 Å². The lowest BCUT2D eigenvalue weighted by atomic mass is 9.99. The summed E-state index contributed by atoms with van der Waals surface area (Å²) < 4.78 is 5.70. The van der Waals surface area contributed by atoms with Gasteiger partial charge in [-0.05, 0) is 25.1 Å². The predicted molar refractivity (Wildman–Crippen MR) is 88.2 cm³/mol. The van der Waals surface area contributed by atoms with Gasteiger partial charge in [-0.25, -0.2) is 0 Å². The van der Waals surface area contributed by atoms with E-state index in [2.05, 4.69) is 30.0 Å². The summed E-state index contributed by atoms with van der Waals surface area (Å²) in [5, 5.41) is 9.59. The van der Waals surface area contributed by atoms with Crippen molar-refractivity contribution in [2.75, 3.05) is 14.2 Å². The molecule has 0 aliphatic rings. The summed E-state index contributed by atoms with van der Waals surface area (Å²) in [7, 11) is 3.69. The molecule has 0 bridgehead atoms. The van der Waals surface area contributed by atoms with E-state index in [1.807, 2.05) is 55.6 Å². The molecule has 0 spiro atoms. The van der Waals surface area contributed by atoms with Gasteiger partial charge in [0.1, 0.15) is 6.04 Å². The van der Waals surface area contributed by atoms with E-state index in [1.165, 1.54) is 0 Å². The number of ether oxygens (including phenoxy) is 1. The maximum Gasteiger partial charge on any atom is 0.123 e. The summed E-state index contributed by atoms with van der Waals surface area (Å²) in [5.41, 5.74) is 2.12. The SMILES string of the molecule is COC(c1ccccc1)C(C)N(C)C(C#N)c1ccccc1. The van der Waals surface area contributed by atoms with Crippen molar-refractivity contribution >= 4 is 0 Å². The second-order valence-corrected chi connectivity index (χ2v) is 5.42. The van der Waals surface area contributed by atoms with Crippen molar-refractivity contribution in [1.82, 2.24) is 4.90 Å². The highest BCUT2D eigenvalue weighted by molar-refractivity contribution is 5.25. The minimum absolute atomic E-state index is 0.0669. The topological polar surface area (TPSA) is 36.3 Å². The first-order valence-electron chi connectivity index (χ1n) is 7.43. The van der Waals surface area contributed by atoms with Crippen LogP contribution >= 0.6 is 0 Å². The molecule has 22 heavy (non-hydrogen) atoms. The smallest absolute Gasteiger partial charge is 0.123 e. The molecule has 3 atom stereocenters. The molecule has 2 aromatic rings. The van der Waals surface area contributed by atoms with E-state index in [9.17, 15) is 5.26 Å². The monoisotopic (exact) mass is 294 g/mol. The Morgan fingerprint density at radius 1 is 0.955 bits per heavy atom. The molecule has 0 radical (unpaired) electrons. The number of rotatable bonds is 6. The van der Waals surface area contributed by atoms with Gasteiger partial charge < -0.3 is 4.74 Å². The number of nitrogens with zero attached hydrogens (tertiary/aromatic N) is 2. The Morgan fingerprint density at radius 2 is 1.45 bits per heavy atom. The molecule has 114 valence electrons. The number of hydrogen-bond acceptors (Lipinski definition) is 3. The largest absolute Gasteiger partial charge is 0.375 e. The summed E-state index contributed by atoms with van der Waals surface area (Å²) in [6.45, 7) is 2.09. The summed E-state index contributed by atoms with van der Waals surface area (Å²) in [4.78, 5) is 2.07. The quantitative estimate of drug-likeness (QED) is 0.809. The fourth-order valence-electron chi connectivity index (χ4n) is 2.74. The highest BCUT2D eigenvalue weighted by Crippen LogP contribution is 2.29. The molecule has 0 amide bonds. The van der Waals surface area contributed by atoms with Crippen LogP contribution < -0.4 is 0 Å². The van der Waals surface area contributed by atoms with E-state index >= 15 is 0 Å². The van der Waals surface area contributed by atoms with Gasteiger partial charge >= 0.3 is 0 Å². The molecule has 0 fully saturated rings. The molecule has 0 N–H and O–H groups in total. The van der Waals surface area contributed by atoms with E-state index in [4.69, 9.17) is 4.74 Å². The lowest BCUT2D eigenvalue weighted by Crippen LogP contribution is -2.37. The Balaban J connectivity index is 2.23. The standard InChI is InChI=1S/C19H22N2O/c1-15(19(22-3)17-12-8-5-9-13-17)21(2)18(14-20)16-10-6-4-7-11-16/h4-13,15,18-19H,1-3H3. The third-order valence-corrected chi connectivity index (χ3v) is 4.11. The average Bonchev–Trinajstić information content (AvgIpc) is 2.58. The summed E-state index contributed by atoms with van der Waals surface area (Å²) in [5.74, 6) is 0. The van der Waals surface area contributed by atoms with Crippen LogP contribution in [-0.2, 0) is 4.74 Å². The average molecular weight is 294 g/mol. The van der Waals surface area contributed by atoms with Crippen LogP contribution in [0, 0.1) is 11.3 Å². The van der Waals surface area contributed by atoms with Gasteiger partial charge in [-0.1, -0.05) is 60.7 Å². The van der Waals surface area contributed by atoms with Crippen LogP contribution in [0.4, 0.5) is 0 Å². The van der Waals surface area contributed by atoms with Crippen molar-refractivity contribution in [2.45, 2.75) is 25.1 Å². The molecule has 2 aromatic carbocycles. The molecule has 3 unspecified atom stereocenters. The fourth-order valence-corrected chi connectivity index (χ4v) is 2.74. The van der Waals surface area contributed by atoms with Crippen molar-refractivity contribution in [3.63, 3.8) is 0 Å². The fraction of sp³-hybridized carbons (Fsp3) is 0.316. The molecular formula is C19H22N2O. The van der Waals surface area contributed by atoms with Crippen molar-refractivity contribution in [1.29, 1.82) is 5.26 Å². The van der Waals surface area contributed by atoms with Crippen LogP contribution in [0.2, 0.25) is 0 Å². The third-order valence-electron chi connectivity index (χ3n) is 4.11. The molecule has 0 aliphatic carbocycles. The zero-order chi connectivity index (χ0) is 15.9. The maximum absolute atomic E-state index is 9.59. The Hall–Kier alpha value is -2.15. The van der Waals surface area contributed by atoms with Crippen LogP contribution in [0.3, 0.4) is 0 Å². The van der Waals surface area contributed by atoms with Crippen LogP contribution in [0.1, 0.15) is 30.2 Å². The predicted octanol–water partition coefficient (Wildman–Crippen LogP) is 3.96. The lowest BCUT2D eigenvalue weighted by Gasteiger charge is -2.34. The van der Waals surface area contributed by atoms with Gasteiger partial charge in [0.15, 0.2) is 0 Å². The van der Waals surface area contributed by atoms with Crippen molar-refractivity contribution in [3.05, 3.63) is 71.8 Å². The summed E-state index contributed by atoms with van der Waals surface area (Å²) in [6, 6.07) is 22.2. The zero-order valence-corrected chi connectivity index (χ0v) is 13.3. The van der Waals surface area contributed by atoms with Gasteiger partial charge in [0.25, 0.3) is 0 Å². The third kappa shape index (κ3) is 3.54. The van der Waals surface area contributed by atoms with Crippen molar-refractivity contribution < 1.29 is 4.74 Å². The van der Waals surface area contributed by atoms with Crippen LogP contribution in [0.25, 0.3) is 0 Å². The van der Waals surface area contributed by atoms with Crippen molar-refractivity contribution in [2.24, 2.45) is 0 Å². The number of methoxy groups -OCH3 is 1. The highest BCUT2D eigenvalue weighted by Gasteiger charge is 2.28. The van der Waals surface area contributed by atoms with E-state index in [0.29, 0.717) is 0 Å². The molecule has 0 saturated heterocycles. The second kappa shape index (κ2) is 7.74. The number of likely N-dealkylation sites (N-methyl/N-ethyl adjacent to an activating group) is 1. The maximum atomic E-state index is 9.59. The van der Waals surface area contributed by atoms with Crippen LogP contribution in [-0.4, -0.2) is 25.1 Å². The molecule has 2 rings (SSSR count). The van der Waals surface area contributed by atoms with E-state index in [-0.39, 0.29) is 18.2 Å². The first kappa shape index (κ1) is 16.2. The molecule has 0 aromatic heterocycles. The first-order chi connectivity index (χ1) is 10.7. The van der Waals surface area contributed by atoms with E-state index in [0.717, 1.165) is 11.1 Å². The highest BCUT2D eigenvalue weighted by atomic mass is 16.5. The summed E-state index contributed by atoms with van der Waals surface area (Å²) >= 11 is 0. The first-order valence-corrected chi connectivity index (χ1v) is 7.43. The van der Waals surface area contributed by atoms with Crippen molar-refractivity contribution in [3.8, 4) is 6.07 Å². The molecule has 3 nitrogen and oxygen atoms in total. The van der Waals surface area contributed by atoms with Gasteiger partial charge in [-0.3, -0.25) is 4.90 Å². The van der Waals surface area contributed by atoms with E-state index in [1.54, 1.807) is 7.11 Å². The Bertz CT molecular complexity index is 606. The molecule has 0 saturated carbocycles. The van der Waals surface area contributed by atoms with Gasteiger partial charge in [-0.15, -0.1) is 0 Å². The number of hydrogen-bond donors (Lipinski definition) is 0. The van der Waals surface area contributed by atoms with Crippen LogP contribution in [0.15, 0.2) is 60.7 Å². The van der Waals surface area contributed by atoms with E-state index < -0.39 is 0 Å². The van der Waals surface area contributed by atoms with Gasteiger partial charge in [0.2, 0.25) is 0 Å². The lowest BCUT2D eigenvalue weighted by molar-refractivity contribution is 0.0217. The second-order valence-electron chi connectivity index (χ2n) is 5.42. The van der Waals surface area contributed by atoms with Gasteiger partial charge in [0.05, 0.1) is 12.2 Å². The zero-order valence-electron chi connectivity index (χ0n) is 13.3. The summed E-state index contributed by atoms with van der Waals surface area (Å²) in [6.07, 6.45) is -0.0780. The minimum atomic E-state index is -0.294.